The molecule has 3 rings (SSSR count). The minimum atomic E-state index is 0. The fraction of sp³-hybridized carbons (Fsp3) is 0.667. The maximum absolute atomic E-state index is 12.3. The van der Waals surface area contributed by atoms with E-state index in [1.165, 1.54) is 24.8 Å². The lowest BCUT2D eigenvalue weighted by molar-refractivity contribution is -0.121. The number of nitrogens with one attached hydrogen (secondary N) is 1. The van der Waals surface area contributed by atoms with Gasteiger partial charge in [0.2, 0.25) is 12.7 Å². The molecule has 0 saturated heterocycles. The Morgan fingerprint density at radius 3 is 2.56 bits per heavy atom. The highest BCUT2D eigenvalue weighted by molar-refractivity contribution is 5.85. The summed E-state index contributed by atoms with van der Waals surface area (Å²) in [5.41, 5.74) is 6.80. The first-order chi connectivity index (χ1) is 12.7. The lowest BCUT2D eigenvalue weighted by atomic mass is 9.69. The van der Waals surface area contributed by atoms with Crippen LogP contribution in [0.5, 0.6) is 11.5 Å². The van der Waals surface area contributed by atoms with E-state index in [4.69, 9.17) is 15.2 Å². The highest BCUT2D eigenvalue weighted by Gasteiger charge is 2.35. The van der Waals surface area contributed by atoms with Crippen LogP contribution in [0, 0.1) is 0 Å². The topological polar surface area (TPSA) is 73.6 Å². The summed E-state index contributed by atoms with van der Waals surface area (Å²) in [6, 6.07) is 6.28. The molecule has 6 heteroatoms. The molecular weight excluding hydrogens is 364 g/mol. The molecule has 1 fully saturated rings. The SMILES string of the molecule is Cl.NCCCCCCC(=O)NCC1(c2ccc3c(c2)OCO3)CCCCC1. The van der Waals surface area contributed by atoms with Crippen LogP contribution in [0.2, 0.25) is 0 Å². The normalized spacial score (nSPS) is 17.2. The number of carbonyl (C=O) groups excluding carboxylic acids is 1. The Hall–Kier alpha value is -1.46. The second kappa shape index (κ2) is 10.8. The Kier molecular flexibility index (Phi) is 8.71. The summed E-state index contributed by atoms with van der Waals surface area (Å²) in [5, 5.41) is 3.21. The van der Waals surface area contributed by atoms with Gasteiger partial charge in [0.25, 0.3) is 0 Å². The minimum absolute atomic E-state index is 0. The third-order valence-electron chi connectivity index (χ3n) is 5.78. The van der Waals surface area contributed by atoms with E-state index in [9.17, 15) is 4.79 Å². The summed E-state index contributed by atoms with van der Waals surface area (Å²) < 4.78 is 11.0. The van der Waals surface area contributed by atoms with Gasteiger partial charge >= 0.3 is 0 Å². The zero-order valence-electron chi connectivity index (χ0n) is 16.1. The number of halogens is 1. The summed E-state index contributed by atoms with van der Waals surface area (Å²) in [6.45, 7) is 1.76. The number of benzene rings is 1. The Bertz CT molecular complexity index is 603. The van der Waals surface area contributed by atoms with Crippen molar-refractivity contribution in [2.75, 3.05) is 19.9 Å². The fourth-order valence-electron chi connectivity index (χ4n) is 4.16. The number of hydrogen-bond acceptors (Lipinski definition) is 4. The molecule has 0 spiro atoms. The van der Waals surface area contributed by atoms with Crippen LogP contribution in [0.25, 0.3) is 0 Å². The van der Waals surface area contributed by atoms with Gasteiger partial charge < -0.3 is 20.5 Å². The van der Waals surface area contributed by atoms with Crippen LogP contribution in [-0.4, -0.2) is 25.8 Å². The van der Waals surface area contributed by atoms with Crippen molar-refractivity contribution in [1.82, 2.24) is 5.32 Å². The van der Waals surface area contributed by atoms with E-state index in [0.29, 0.717) is 19.8 Å². The molecule has 27 heavy (non-hydrogen) atoms. The summed E-state index contributed by atoms with van der Waals surface area (Å²) >= 11 is 0. The summed E-state index contributed by atoms with van der Waals surface area (Å²) in [7, 11) is 0. The number of carbonyl (C=O) groups is 1. The van der Waals surface area contributed by atoms with Crippen molar-refractivity contribution in [1.29, 1.82) is 0 Å². The average Bonchev–Trinajstić information content (AvgIpc) is 3.15. The number of fused-ring (bicyclic) bond motifs is 1. The van der Waals surface area contributed by atoms with E-state index in [-0.39, 0.29) is 23.7 Å². The second-order valence-corrected chi connectivity index (χ2v) is 7.64. The van der Waals surface area contributed by atoms with E-state index in [1.54, 1.807) is 0 Å². The van der Waals surface area contributed by atoms with Crippen molar-refractivity contribution in [2.45, 2.75) is 69.6 Å². The van der Waals surface area contributed by atoms with Crippen LogP contribution < -0.4 is 20.5 Å². The van der Waals surface area contributed by atoms with Crippen LogP contribution in [0.4, 0.5) is 0 Å². The van der Waals surface area contributed by atoms with Crippen molar-refractivity contribution >= 4 is 18.3 Å². The Labute approximate surface area is 168 Å². The van der Waals surface area contributed by atoms with Gasteiger partial charge in [-0.25, -0.2) is 0 Å². The average molecular weight is 397 g/mol. The molecule has 0 atom stereocenters. The van der Waals surface area contributed by atoms with Gasteiger partial charge in [-0.15, -0.1) is 12.4 Å². The number of rotatable bonds is 9. The molecule has 152 valence electrons. The first-order valence-electron chi connectivity index (χ1n) is 10.1. The molecule has 1 heterocycles. The van der Waals surface area contributed by atoms with E-state index in [2.05, 4.69) is 17.4 Å². The fourth-order valence-corrected chi connectivity index (χ4v) is 4.16. The molecule has 1 aromatic carbocycles. The van der Waals surface area contributed by atoms with Crippen molar-refractivity contribution in [3.05, 3.63) is 23.8 Å². The van der Waals surface area contributed by atoms with Crippen LogP contribution in [0.1, 0.15) is 69.8 Å². The lowest BCUT2D eigenvalue weighted by Crippen LogP contribution is -2.42. The molecule has 0 aromatic heterocycles. The van der Waals surface area contributed by atoms with Gasteiger partial charge in [-0.1, -0.05) is 38.2 Å². The van der Waals surface area contributed by atoms with Gasteiger partial charge in [-0.3, -0.25) is 4.79 Å². The monoisotopic (exact) mass is 396 g/mol. The molecule has 1 aliphatic carbocycles. The Balaban J connectivity index is 0.00000261. The smallest absolute Gasteiger partial charge is 0.231 e. The quantitative estimate of drug-likeness (QED) is 0.617. The van der Waals surface area contributed by atoms with Crippen molar-refractivity contribution in [2.24, 2.45) is 5.73 Å². The van der Waals surface area contributed by atoms with Gasteiger partial charge in [-0.05, 0) is 49.9 Å². The van der Waals surface area contributed by atoms with Gasteiger partial charge in [0, 0.05) is 18.4 Å². The molecular formula is C21H33ClN2O3. The molecule has 1 amide bonds. The first kappa shape index (κ1) is 21.8. The molecule has 1 saturated carbocycles. The Morgan fingerprint density at radius 1 is 1.04 bits per heavy atom. The number of nitrogens with two attached hydrogens (primary N) is 1. The third-order valence-corrected chi connectivity index (χ3v) is 5.78. The van der Waals surface area contributed by atoms with E-state index in [1.807, 2.05) is 6.07 Å². The maximum atomic E-state index is 12.3. The van der Waals surface area contributed by atoms with Gasteiger partial charge in [-0.2, -0.15) is 0 Å². The molecule has 3 N–H and O–H groups in total. The first-order valence-corrected chi connectivity index (χ1v) is 10.1. The van der Waals surface area contributed by atoms with E-state index >= 15 is 0 Å². The second-order valence-electron chi connectivity index (χ2n) is 7.64. The largest absolute Gasteiger partial charge is 0.454 e. The van der Waals surface area contributed by atoms with Gasteiger partial charge in [0.05, 0.1) is 0 Å². The van der Waals surface area contributed by atoms with E-state index < -0.39 is 0 Å². The van der Waals surface area contributed by atoms with Crippen molar-refractivity contribution in [3.63, 3.8) is 0 Å². The van der Waals surface area contributed by atoms with Crippen molar-refractivity contribution < 1.29 is 14.3 Å². The number of amides is 1. The molecule has 0 bridgehead atoms. The maximum Gasteiger partial charge on any atom is 0.231 e. The Morgan fingerprint density at radius 2 is 1.78 bits per heavy atom. The molecule has 1 aliphatic heterocycles. The molecule has 1 aromatic rings. The van der Waals surface area contributed by atoms with Gasteiger partial charge in [0.1, 0.15) is 0 Å². The number of hydrogen-bond donors (Lipinski definition) is 2. The highest BCUT2D eigenvalue weighted by Crippen LogP contribution is 2.43. The molecule has 0 unspecified atom stereocenters. The highest BCUT2D eigenvalue weighted by atomic mass is 35.5. The van der Waals surface area contributed by atoms with Gasteiger partial charge in [0.15, 0.2) is 11.5 Å². The zero-order valence-corrected chi connectivity index (χ0v) is 17.0. The van der Waals surface area contributed by atoms with Crippen molar-refractivity contribution in [3.8, 4) is 11.5 Å². The number of unbranched alkanes of at least 4 members (excludes halogenated alkanes) is 3. The van der Waals surface area contributed by atoms with Crippen LogP contribution in [-0.2, 0) is 10.2 Å². The number of ether oxygens (including phenoxy) is 2. The summed E-state index contributed by atoms with van der Waals surface area (Å²) in [5.74, 6) is 1.82. The molecule has 5 nitrogen and oxygen atoms in total. The predicted molar refractivity (Wildman–Crippen MR) is 110 cm³/mol. The van der Waals surface area contributed by atoms with E-state index in [0.717, 1.165) is 56.6 Å². The van der Waals surface area contributed by atoms with Crippen LogP contribution in [0.15, 0.2) is 18.2 Å². The standard InChI is InChI=1S/C21H32N2O3.ClH/c22-13-7-2-1-4-8-20(24)23-15-21(11-5-3-6-12-21)17-9-10-18-19(14-17)26-16-25-18;/h9-10,14H,1-8,11-13,15-16,22H2,(H,23,24);1H. The molecule has 0 radical (unpaired) electrons. The molecule has 2 aliphatic rings. The summed E-state index contributed by atoms with van der Waals surface area (Å²) in [4.78, 5) is 12.3. The summed E-state index contributed by atoms with van der Waals surface area (Å²) in [6.07, 6.45) is 10.7. The lowest BCUT2D eigenvalue weighted by Gasteiger charge is -2.38. The van der Waals surface area contributed by atoms with Crippen LogP contribution in [0.3, 0.4) is 0 Å². The minimum Gasteiger partial charge on any atom is -0.454 e. The zero-order chi connectivity index (χ0) is 18.2. The predicted octanol–water partition coefficient (Wildman–Crippen LogP) is 4.06. The third kappa shape index (κ3) is 5.76. The van der Waals surface area contributed by atoms with Crippen LogP contribution >= 0.6 is 12.4 Å².